The number of ether oxygens (including phenoxy) is 1. The first-order valence-corrected chi connectivity index (χ1v) is 8.46. The van der Waals surface area contributed by atoms with Crippen molar-refractivity contribution in [2.24, 2.45) is 0 Å². The summed E-state index contributed by atoms with van der Waals surface area (Å²) in [5, 5.41) is 21.5. The van der Waals surface area contributed by atoms with Crippen molar-refractivity contribution in [2.75, 3.05) is 6.61 Å². The van der Waals surface area contributed by atoms with Crippen molar-refractivity contribution in [1.29, 1.82) is 0 Å². The summed E-state index contributed by atoms with van der Waals surface area (Å²) in [4.78, 5) is 23.9. The van der Waals surface area contributed by atoms with E-state index in [0.717, 1.165) is 0 Å². The molecule has 0 amide bonds. The predicted molar refractivity (Wildman–Crippen MR) is 82.0 cm³/mol. The first-order valence-electron chi connectivity index (χ1n) is 6.96. The minimum absolute atomic E-state index is 0. The quantitative estimate of drug-likeness (QED) is 0.387. The molecule has 0 saturated carbocycles. The molecule has 0 bridgehead atoms. The number of non-ortho nitro benzene ring substituents is 1. The summed E-state index contributed by atoms with van der Waals surface area (Å²) in [6.45, 7) is -0.210. The molecular formula is C12H15N4O8P. The zero-order valence-corrected chi connectivity index (χ0v) is 13.6. The van der Waals surface area contributed by atoms with Crippen LogP contribution in [-0.2, 0) is 18.3 Å². The van der Waals surface area contributed by atoms with E-state index in [1.165, 1.54) is 23.0 Å². The molecule has 1 aromatic heterocycles. The van der Waals surface area contributed by atoms with Crippen LogP contribution in [0, 0.1) is 10.1 Å². The Bertz CT molecular complexity index is 872. The van der Waals surface area contributed by atoms with Crippen molar-refractivity contribution in [1.82, 2.24) is 15.7 Å². The minimum atomic E-state index is -4.22. The summed E-state index contributed by atoms with van der Waals surface area (Å²) in [7, 11) is -4.22. The third-order valence-electron chi connectivity index (χ3n) is 4.02. The van der Waals surface area contributed by atoms with Crippen molar-refractivity contribution < 1.29 is 33.3 Å². The Morgan fingerprint density at radius 3 is 2.92 bits per heavy atom. The van der Waals surface area contributed by atoms with Gasteiger partial charge in [0.25, 0.3) is 5.69 Å². The molecule has 2 aromatic rings. The number of aliphatic hydroxyl groups is 1. The van der Waals surface area contributed by atoms with Crippen LogP contribution in [0.15, 0.2) is 24.5 Å². The van der Waals surface area contributed by atoms with Crippen molar-refractivity contribution in [2.45, 2.75) is 24.5 Å². The summed E-state index contributed by atoms with van der Waals surface area (Å²) >= 11 is 0. The van der Waals surface area contributed by atoms with E-state index in [-0.39, 0.29) is 24.0 Å². The molecule has 5 N–H and O–H groups in total. The Balaban J connectivity index is 0.00000182. The fraction of sp³-hybridized carbons (Fsp3) is 0.417. The van der Waals surface area contributed by atoms with Crippen molar-refractivity contribution in [3.05, 3.63) is 34.6 Å². The fourth-order valence-corrected chi connectivity index (χ4v) is 3.92. The number of phosphoric ester groups is 1. The lowest BCUT2D eigenvalue weighted by molar-refractivity contribution is -0.383. The molecule has 136 valence electrons. The van der Waals surface area contributed by atoms with E-state index in [0.29, 0.717) is 5.52 Å². The number of imidazole rings is 1. The summed E-state index contributed by atoms with van der Waals surface area (Å²) in [5.41, 5.74) is 0.369. The molecular weight excluding hydrogens is 359 g/mol. The van der Waals surface area contributed by atoms with Crippen LogP contribution in [0.2, 0.25) is 0 Å². The predicted octanol–water partition coefficient (Wildman–Crippen LogP) is 0.881. The Labute approximate surface area is 140 Å². The molecule has 0 radical (unpaired) electrons. The molecule has 1 unspecified atom stereocenters. The zero-order chi connectivity index (χ0) is 17.1. The van der Waals surface area contributed by atoms with Gasteiger partial charge in [-0.3, -0.25) is 19.2 Å². The Kier molecular flexibility index (Phi) is 4.37. The van der Waals surface area contributed by atoms with E-state index < -0.39 is 37.3 Å². The van der Waals surface area contributed by atoms with Gasteiger partial charge in [0.2, 0.25) is 0 Å². The van der Waals surface area contributed by atoms with Gasteiger partial charge < -0.3 is 25.5 Å². The summed E-state index contributed by atoms with van der Waals surface area (Å²) in [6.07, 6.45) is -2.72. The number of nitrogens with zero attached hydrogens (tertiary/aromatic N) is 3. The molecule has 2 aliphatic heterocycles. The Hall–Kier alpha value is -1.92. The van der Waals surface area contributed by atoms with Crippen LogP contribution in [0.25, 0.3) is 11.0 Å². The van der Waals surface area contributed by atoms with Gasteiger partial charge in [0.05, 0.1) is 23.4 Å². The number of hydrogen-bond acceptors (Lipinski definition) is 9. The number of aromatic nitrogens is 2. The second-order valence-corrected chi connectivity index (χ2v) is 6.85. The lowest BCUT2D eigenvalue weighted by atomic mass is 10.1. The van der Waals surface area contributed by atoms with Gasteiger partial charge >= 0.3 is 7.82 Å². The van der Waals surface area contributed by atoms with Crippen LogP contribution in [0.1, 0.15) is 6.23 Å². The van der Waals surface area contributed by atoms with Gasteiger partial charge in [-0.1, -0.05) is 6.07 Å². The van der Waals surface area contributed by atoms with Crippen LogP contribution in [0.3, 0.4) is 0 Å². The molecule has 13 heteroatoms. The molecule has 2 aliphatic rings. The Morgan fingerprint density at radius 2 is 2.20 bits per heavy atom. The molecule has 3 heterocycles. The SMILES string of the molecule is N.O=[N+]([O-])c1cccc2c1ncn2[C@@H]1O[C@@H]2COP(=O)(O)O[C@H]2[C@H]1O. The van der Waals surface area contributed by atoms with Gasteiger partial charge in [0.1, 0.15) is 18.3 Å². The van der Waals surface area contributed by atoms with Crippen LogP contribution in [0.4, 0.5) is 5.69 Å². The maximum atomic E-state index is 11.5. The normalized spacial score (nSPS) is 34.5. The molecule has 0 aliphatic carbocycles. The van der Waals surface area contributed by atoms with Crippen LogP contribution in [0.5, 0.6) is 0 Å². The molecule has 2 fully saturated rings. The number of aliphatic hydroxyl groups excluding tert-OH is 1. The molecule has 2 saturated heterocycles. The summed E-state index contributed by atoms with van der Waals surface area (Å²) < 4.78 is 28.1. The lowest BCUT2D eigenvalue weighted by Gasteiger charge is -2.27. The van der Waals surface area contributed by atoms with Gasteiger partial charge in [-0.2, -0.15) is 0 Å². The monoisotopic (exact) mass is 374 g/mol. The maximum absolute atomic E-state index is 11.5. The number of nitro benzene ring substituents is 1. The van der Waals surface area contributed by atoms with E-state index in [9.17, 15) is 24.7 Å². The zero-order valence-electron chi connectivity index (χ0n) is 12.7. The second-order valence-electron chi connectivity index (χ2n) is 5.44. The van der Waals surface area contributed by atoms with E-state index in [2.05, 4.69) is 9.51 Å². The van der Waals surface area contributed by atoms with Crippen LogP contribution < -0.4 is 6.15 Å². The summed E-state index contributed by atoms with van der Waals surface area (Å²) in [6, 6.07) is 4.42. The molecule has 25 heavy (non-hydrogen) atoms. The number of para-hydroxylation sites is 1. The summed E-state index contributed by atoms with van der Waals surface area (Å²) in [5.74, 6) is 0. The van der Waals surface area contributed by atoms with Crippen molar-refractivity contribution >= 4 is 24.5 Å². The van der Waals surface area contributed by atoms with E-state index in [1.807, 2.05) is 0 Å². The standard InChI is InChI=1S/C12H12N3O8P.H3N/c16-10-11-8(4-21-24(19,20)23-11)22-12(10)14-5-13-9-6(14)2-1-3-7(9)15(17)18;/h1-3,5,8,10-12,16H,4H2,(H,19,20);1H3/t8-,10-,11-,12-;/m1./s1. The Morgan fingerprint density at radius 1 is 1.44 bits per heavy atom. The average molecular weight is 374 g/mol. The first kappa shape index (κ1) is 17.9. The highest BCUT2D eigenvalue weighted by Crippen LogP contribution is 2.52. The van der Waals surface area contributed by atoms with E-state index in [4.69, 9.17) is 9.26 Å². The van der Waals surface area contributed by atoms with E-state index in [1.54, 1.807) is 6.07 Å². The highest BCUT2D eigenvalue weighted by molar-refractivity contribution is 7.47. The minimum Gasteiger partial charge on any atom is -0.386 e. The molecule has 12 nitrogen and oxygen atoms in total. The molecule has 5 atom stereocenters. The first-order chi connectivity index (χ1) is 11.4. The second kappa shape index (κ2) is 6.11. The van der Waals surface area contributed by atoms with Crippen molar-refractivity contribution in [3.63, 3.8) is 0 Å². The van der Waals surface area contributed by atoms with E-state index >= 15 is 0 Å². The number of fused-ring (bicyclic) bond motifs is 2. The van der Waals surface area contributed by atoms with Gasteiger partial charge in [0, 0.05) is 6.07 Å². The third-order valence-corrected chi connectivity index (χ3v) is 5.01. The third kappa shape index (κ3) is 2.83. The largest absolute Gasteiger partial charge is 0.472 e. The van der Waals surface area contributed by atoms with Gasteiger partial charge in [0.15, 0.2) is 11.7 Å². The van der Waals surface area contributed by atoms with Crippen LogP contribution >= 0.6 is 7.82 Å². The molecule has 4 rings (SSSR count). The topological polar surface area (TPSA) is 181 Å². The van der Waals surface area contributed by atoms with Crippen LogP contribution in [-0.4, -0.2) is 49.4 Å². The van der Waals surface area contributed by atoms with Gasteiger partial charge in [-0.05, 0) is 6.07 Å². The number of benzene rings is 1. The number of nitro groups is 1. The van der Waals surface area contributed by atoms with Crippen molar-refractivity contribution in [3.8, 4) is 0 Å². The van der Waals surface area contributed by atoms with Gasteiger partial charge in [-0.25, -0.2) is 9.55 Å². The highest BCUT2D eigenvalue weighted by Gasteiger charge is 2.52. The molecule has 0 spiro atoms. The number of rotatable bonds is 2. The fourth-order valence-electron chi connectivity index (χ4n) is 2.96. The average Bonchev–Trinajstić information content (AvgIpc) is 3.08. The number of phosphoric acid groups is 1. The lowest BCUT2D eigenvalue weighted by Crippen LogP contribution is -2.39. The maximum Gasteiger partial charge on any atom is 0.472 e. The highest BCUT2D eigenvalue weighted by atomic mass is 31.2. The smallest absolute Gasteiger partial charge is 0.386 e. The molecule has 1 aromatic carbocycles. The van der Waals surface area contributed by atoms with Gasteiger partial charge in [-0.15, -0.1) is 0 Å². The number of hydrogen-bond donors (Lipinski definition) is 3.